The minimum atomic E-state index is 0.600. The number of unbranched alkanes of at least 4 members (excludes halogenated alkanes) is 2. The van der Waals surface area contributed by atoms with Crippen molar-refractivity contribution in [3.63, 3.8) is 0 Å². The van der Waals surface area contributed by atoms with Crippen LogP contribution in [-0.4, -0.2) is 24.4 Å². The second kappa shape index (κ2) is 9.93. The molecule has 0 radical (unpaired) electrons. The largest absolute Gasteiger partial charge is 0.490 e. The molecule has 24 heavy (non-hydrogen) atoms. The van der Waals surface area contributed by atoms with E-state index >= 15 is 0 Å². The summed E-state index contributed by atoms with van der Waals surface area (Å²) in [5, 5.41) is 6.98. The summed E-state index contributed by atoms with van der Waals surface area (Å²) in [4.78, 5) is 4.30. The van der Waals surface area contributed by atoms with E-state index in [0.717, 1.165) is 34.3 Å². The SMILES string of the molecule is CCCCCOc1ccc(/C=N\Nc2nc(C)cs2)cc1OCC. The zero-order chi connectivity index (χ0) is 17.2. The van der Waals surface area contributed by atoms with Gasteiger partial charge in [-0.05, 0) is 44.0 Å². The van der Waals surface area contributed by atoms with Gasteiger partial charge in [0.15, 0.2) is 11.5 Å². The van der Waals surface area contributed by atoms with Crippen LogP contribution in [-0.2, 0) is 0 Å². The Kier molecular flexibility index (Phi) is 7.55. The number of benzene rings is 1. The molecule has 2 aromatic rings. The van der Waals surface area contributed by atoms with Gasteiger partial charge in [-0.1, -0.05) is 19.8 Å². The Morgan fingerprint density at radius 1 is 1.21 bits per heavy atom. The van der Waals surface area contributed by atoms with Crippen molar-refractivity contribution in [2.75, 3.05) is 18.6 Å². The van der Waals surface area contributed by atoms with Crippen molar-refractivity contribution in [2.45, 2.75) is 40.0 Å². The van der Waals surface area contributed by atoms with Gasteiger partial charge in [0.2, 0.25) is 5.13 Å². The van der Waals surface area contributed by atoms with Crippen molar-refractivity contribution in [3.05, 3.63) is 34.8 Å². The molecule has 6 heteroatoms. The monoisotopic (exact) mass is 347 g/mol. The highest BCUT2D eigenvalue weighted by atomic mass is 32.1. The molecule has 1 heterocycles. The van der Waals surface area contributed by atoms with E-state index in [0.29, 0.717) is 13.2 Å². The molecule has 1 aromatic carbocycles. The number of thiazole rings is 1. The van der Waals surface area contributed by atoms with E-state index in [-0.39, 0.29) is 0 Å². The summed E-state index contributed by atoms with van der Waals surface area (Å²) in [5.41, 5.74) is 4.86. The van der Waals surface area contributed by atoms with Gasteiger partial charge >= 0.3 is 0 Å². The lowest BCUT2D eigenvalue weighted by atomic mass is 10.2. The molecule has 1 aromatic heterocycles. The Bertz CT molecular complexity index is 655. The normalized spacial score (nSPS) is 11.0. The Balaban J connectivity index is 1.98. The Morgan fingerprint density at radius 3 is 2.79 bits per heavy atom. The van der Waals surface area contributed by atoms with Crippen LogP contribution < -0.4 is 14.9 Å². The molecular formula is C18H25N3O2S. The molecule has 0 aliphatic carbocycles. The number of rotatable bonds is 10. The molecule has 0 amide bonds. The van der Waals surface area contributed by atoms with Crippen molar-refractivity contribution in [1.82, 2.24) is 4.98 Å². The molecule has 130 valence electrons. The third-order valence-corrected chi connectivity index (χ3v) is 4.13. The van der Waals surface area contributed by atoms with E-state index in [1.807, 2.05) is 37.4 Å². The molecule has 5 nitrogen and oxygen atoms in total. The standard InChI is InChI=1S/C18H25N3O2S/c1-4-6-7-10-23-16-9-8-15(11-17(16)22-5-2)12-19-21-18-20-14(3)13-24-18/h8-9,11-13H,4-7,10H2,1-3H3,(H,20,21)/b19-12-. The van der Waals surface area contributed by atoms with Crippen molar-refractivity contribution in [1.29, 1.82) is 0 Å². The van der Waals surface area contributed by atoms with E-state index in [1.54, 1.807) is 6.21 Å². The number of aromatic nitrogens is 1. The maximum atomic E-state index is 5.83. The number of aryl methyl sites for hydroxylation is 1. The van der Waals surface area contributed by atoms with Crippen LogP contribution in [0.25, 0.3) is 0 Å². The molecule has 0 aliphatic heterocycles. The van der Waals surface area contributed by atoms with E-state index in [2.05, 4.69) is 22.4 Å². The molecule has 0 saturated carbocycles. The van der Waals surface area contributed by atoms with Gasteiger partial charge in [0.05, 0.1) is 25.1 Å². The van der Waals surface area contributed by atoms with Gasteiger partial charge in [0.1, 0.15) is 0 Å². The lowest BCUT2D eigenvalue weighted by Crippen LogP contribution is -2.01. The highest BCUT2D eigenvalue weighted by molar-refractivity contribution is 7.13. The van der Waals surface area contributed by atoms with Crippen LogP contribution in [0.3, 0.4) is 0 Å². The summed E-state index contributed by atoms with van der Waals surface area (Å²) in [6.45, 7) is 7.42. The summed E-state index contributed by atoms with van der Waals surface area (Å²) >= 11 is 1.53. The summed E-state index contributed by atoms with van der Waals surface area (Å²) < 4.78 is 11.5. The third-order valence-electron chi connectivity index (χ3n) is 3.27. The number of hydrogen-bond donors (Lipinski definition) is 1. The minimum Gasteiger partial charge on any atom is -0.490 e. The lowest BCUT2D eigenvalue weighted by Gasteiger charge is -2.12. The Morgan fingerprint density at radius 2 is 2.08 bits per heavy atom. The zero-order valence-corrected chi connectivity index (χ0v) is 15.4. The number of nitrogens with zero attached hydrogens (tertiary/aromatic N) is 2. The first-order valence-electron chi connectivity index (χ1n) is 8.33. The topological polar surface area (TPSA) is 55.7 Å². The summed E-state index contributed by atoms with van der Waals surface area (Å²) in [7, 11) is 0. The molecule has 0 spiro atoms. The van der Waals surface area contributed by atoms with E-state index in [4.69, 9.17) is 9.47 Å². The van der Waals surface area contributed by atoms with Gasteiger partial charge < -0.3 is 9.47 Å². The molecule has 0 saturated heterocycles. The Hall–Kier alpha value is -2.08. The van der Waals surface area contributed by atoms with Crippen LogP contribution >= 0.6 is 11.3 Å². The molecular weight excluding hydrogens is 322 g/mol. The first-order chi connectivity index (χ1) is 11.7. The predicted molar refractivity (Wildman–Crippen MR) is 101 cm³/mol. The van der Waals surface area contributed by atoms with Crippen molar-refractivity contribution in [2.24, 2.45) is 5.10 Å². The number of ether oxygens (including phenoxy) is 2. The maximum absolute atomic E-state index is 5.83. The molecule has 2 rings (SSSR count). The van der Waals surface area contributed by atoms with Crippen LogP contribution in [0.5, 0.6) is 11.5 Å². The third kappa shape index (κ3) is 5.85. The number of hydrogen-bond acceptors (Lipinski definition) is 6. The van der Waals surface area contributed by atoms with Crippen LogP contribution in [0.2, 0.25) is 0 Å². The lowest BCUT2D eigenvalue weighted by molar-refractivity contribution is 0.271. The highest BCUT2D eigenvalue weighted by Gasteiger charge is 2.06. The van der Waals surface area contributed by atoms with Crippen molar-refractivity contribution < 1.29 is 9.47 Å². The zero-order valence-electron chi connectivity index (χ0n) is 14.5. The average molecular weight is 347 g/mol. The van der Waals surface area contributed by atoms with Gasteiger partial charge in [-0.15, -0.1) is 11.3 Å². The smallest absolute Gasteiger partial charge is 0.203 e. The van der Waals surface area contributed by atoms with Crippen LogP contribution in [0.15, 0.2) is 28.7 Å². The van der Waals surface area contributed by atoms with Gasteiger partial charge in [-0.3, -0.25) is 5.43 Å². The molecule has 0 fully saturated rings. The molecule has 0 bridgehead atoms. The highest BCUT2D eigenvalue weighted by Crippen LogP contribution is 2.28. The predicted octanol–water partition coefficient (Wildman–Crippen LogP) is 4.87. The van der Waals surface area contributed by atoms with E-state index in [1.165, 1.54) is 24.2 Å². The summed E-state index contributed by atoms with van der Waals surface area (Å²) in [5.74, 6) is 1.54. The second-order valence-electron chi connectivity index (χ2n) is 5.36. The second-order valence-corrected chi connectivity index (χ2v) is 6.22. The number of hydrazone groups is 1. The van der Waals surface area contributed by atoms with Crippen LogP contribution in [0.4, 0.5) is 5.13 Å². The fourth-order valence-corrected chi connectivity index (χ4v) is 2.73. The fraction of sp³-hybridized carbons (Fsp3) is 0.444. The molecule has 0 aliphatic rings. The summed E-state index contributed by atoms with van der Waals surface area (Å²) in [6, 6.07) is 5.85. The fourth-order valence-electron chi connectivity index (χ4n) is 2.09. The van der Waals surface area contributed by atoms with Gasteiger partial charge in [-0.2, -0.15) is 5.10 Å². The van der Waals surface area contributed by atoms with Gasteiger partial charge in [0.25, 0.3) is 0 Å². The average Bonchev–Trinajstić information content (AvgIpc) is 2.99. The minimum absolute atomic E-state index is 0.600. The van der Waals surface area contributed by atoms with Gasteiger partial charge in [-0.25, -0.2) is 4.98 Å². The molecule has 0 atom stereocenters. The molecule has 0 unspecified atom stereocenters. The van der Waals surface area contributed by atoms with E-state index < -0.39 is 0 Å². The van der Waals surface area contributed by atoms with Gasteiger partial charge in [0, 0.05) is 5.38 Å². The van der Waals surface area contributed by atoms with Crippen molar-refractivity contribution >= 4 is 22.7 Å². The summed E-state index contributed by atoms with van der Waals surface area (Å²) in [6.07, 6.45) is 5.17. The number of anilines is 1. The molecule has 1 N–H and O–H groups in total. The van der Waals surface area contributed by atoms with Crippen LogP contribution in [0.1, 0.15) is 44.4 Å². The first kappa shape index (κ1) is 18.3. The Labute approximate surface area is 147 Å². The quantitative estimate of drug-likeness (QED) is 0.379. The van der Waals surface area contributed by atoms with Crippen LogP contribution in [0, 0.1) is 6.92 Å². The van der Waals surface area contributed by atoms with E-state index in [9.17, 15) is 0 Å². The number of nitrogens with one attached hydrogen (secondary N) is 1. The van der Waals surface area contributed by atoms with Crippen molar-refractivity contribution in [3.8, 4) is 11.5 Å². The first-order valence-corrected chi connectivity index (χ1v) is 9.21. The maximum Gasteiger partial charge on any atom is 0.203 e.